The highest BCUT2D eigenvalue weighted by atomic mass is 16.2. The molecule has 4 heterocycles. The molecule has 28 heavy (non-hydrogen) atoms. The maximum absolute atomic E-state index is 12.9. The molecule has 0 fully saturated rings. The third-order valence-corrected chi connectivity index (χ3v) is 5.46. The highest BCUT2D eigenvalue weighted by Gasteiger charge is 2.43. The summed E-state index contributed by atoms with van der Waals surface area (Å²) in [6.07, 6.45) is 3.46. The first-order chi connectivity index (χ1) is 13.6. The van der Waals surface area contributed by atoms with Gasteiger partial charge in [0.2, 0.25) is 0 Å². The second-order valence-electron chi connectivity index (χ2n) is 7.52. The number of aromatic nitrogens is 4. The Balaban J connectivity index is 1.45. The van der Waals surface area contributed by atoms with Gasteiger partial charge in [-0.15, -0.1) is 10.2 Å². The Hall–Kier alpha value is -3.41. The molecule has 5 rings (SSSR count). The number of fused-ring (bicyclic) bond motifs is 2. The molecule has 0 saturated carbocycles. The molecule has 0 N–H and O–H groups in total. The predicted molar refractivity (Wildman–Crippen MR) is 111 cm³/mol. The van der Waals surface area contributed by atoms with Gasteiger partial charge in [-0.1, -0.05) is 30.3 Å². The molecule has 8 heteroatoms. The lowest BCUT2D eigenvalue weighted by atomic mass is 9.59. The first-order valence-corrected chi connectivity index (χ1v) is 9.21. The zero-order valence-electron chi connectivity index (χ0n) is 15.7. The quantitative estimate of drug-likeness (QED) is 0.505. The van der Waals surface area contributed by atoms with Crippen LogP contribution in [-0.2, 0) is 11.9 Å². The highest BCUT2D eigenvalue weighted by Crippen LogP contribution is 2.34. The summed E-state index contributed by atoms with van der Waals surface area (Å²) in [6, 6.07) is 17.9. The molecule has 0 radical (unpaired) electrons. The van der Waals surface area contributed by atoms with Crippen LogP contribution in [0.2, 0.25) is 0 Å². The molecule has 1 aromatic carbocycles. The van der Waals surface area contributed by atoms with Crippen molar-refractivity contribution in [2.75, 3.05) is 0 Å². The summed E-state index contributed by atoms with van der Waals surface area (Å²) in [6.45, 7) is 0.541. The molecular formula is C20H17B2N5O. The van der Waals surface area contributed by atoms with Crippen molar-refractivity contribution < 1.29 is 4.79 Å². The van der Waals surface area contributed by atoms with Gasteiger partial charge in [0, 0.05) is 18.1 Å². The molecule has 0 aliphatic carbocycles. The normalized spacial score (nSPS) is 15.1. The minimum absolute atomic E-state index is 0.0337. The van der Waals surface area contributed by atoms with Gasteiger partial charge in [-0.3, -0.25) is 14.2 Å². The molecule has 3 aromatic heterocycles. The van der Waals surface area contributed by atoms with E-state index in [0.29, 0.717) is 12.1 Å². The van der Waals surface area contributed by atoms with E-state index in [1.165, 1.54) is 0 Å². The minimum Gasteiger partial charge on any atom is -0.339 e. The van der Waals surface area contributed by atoms with Gasteiger partial charge in [0.25, 0.3) is 5.91 Å². The Morgan fingerprint density at radius 1 is 1.00 bits per heavy atom. The van der Waals surface area contributed by atoms with Gasteiger partial charge >= 0.3 is 0 Å². The monoisotopic (exact) mass is 365 g/mol. The van der Waals surface area contributed by atoms with E-state index >= 15 is 0 Å². The van der Waals surface area contributed by atoms with Crippen LogP contribution in [0, 0.1) is 0 Å². The van der Waals surface area contributed by atoms with Crippen molar-refractivity contribution in [2.45, 2.75) is 11.9 Å². The van der Waals surface area contributed by atoms with E-state index in [1.54, 1.807) is 12.5 Å². The zero-order chi connectivity index (χ0) is 19.3. The third kappa shape index (κ3) is 2.45. The van der Waals surface area contributed by atoms with Gasteiger partial charge in [-0.2, -0.15) is 0 Å². The molecule has 134 valence electrons. The number of carbonyl (C=O) groups excluding carboxylic acids is 1. The van der Waals surface area contributed by atoms with Crippen LogP contribution in [0.15, 0.2) is 67.1 Å². The molecule has 0 saturated heterocycles. The summed E-state index contributed by atoms with van der Waals surface area (Å²) >= 11 is 0. The summed E-state index contributed by atoms with van der Waals surface area (Å²) in [5.74, 6) is 0.0337. The molecule has 1 amide bonds. The maximum atomic E-state index is 12.9. The lowest BCUT2D eigenvalue weighted by Crippen LogP contribution is -2.44. The van der Waals surface area contributed by atoms with E-state index in [-0.39, 0.29) is 5.91 Å². The van der Waals surface area contributed by atoms with E-state index in [4.69, 9.17) is 0 Å². The first kappa shape index (κ1) is 16.7. The molecule has 4 aromatic rings. The van der Waals surface area contributed by atoms with Crippen LogP contribution in [0.25, 0.3) is 16.9 Å². The van der Waals surface area contributed by atoms with Crippen LogP contribution < -0.4 is 0 Å². The van der Waals surface area contributed by atoms with Crippen molar-refractivity contribution in [2.24, 2.45) is 0 Å². The number of amides is 1. The van der Waals surface area contributed by atoms with Gasteiger partial charge in [0.05, 0.1) is 17.0 Å². The standard InChI is InChI=1S/C20H17B2N5O/c21-20(22)18-15(3-2-10-23-18)19(28)27(20)11-13-6-8-14(9-7-13)16-4-1-5-17-25-24-12-26(16)17/h1-10,12H,11,21-22H2. The van der Waals surface area contributed by atoms with Gasteiger partial charge in [0.1, 0.15) is 22.0 Å². The van der Waals surface area contributed by atoms with Gasteiger partial charge in [0.15, 0.2) is 5.65 Å². The highest BCUT2D eigenvalue weighted by molar-refractivity contribution is 6.42. The molecule has 1 aliphatic rings. The summed E-state index contributed by atoms with van der Waals surface area (Å²) in [5.41, 5.74) is 5.54. The van der Waals surface area contributed by atoms with Gasteiger partial charge in [-0.25, -0.2) is 0 Å². The van der Waals surface area contributed by atoms with E-state index in [1.807, 2.05) is 55.3 Å². The summed E-state index contributed by atoms with van der Waals surface area (Å²) in [7, 11) is 4.09. The average molecular weight is 365 g/mol. The average Bonchev–Trinajstić information content (AvgIpc) is 3.27. The van der Waals surface area contributed by atoms with Crippen LogP contribution in [0.5, 0.6) is 0 Å². The van der Waals surface area contributed by atoms with Crippen molar-refractivity contribution in [3.05, 3.63) is 83.9 Å². The second kappa shape index (κ2) is 6.05. The van der Waals surface area contributed by atoms with Gasteiger partial charge in [-0.05, 0) is 35.4 Å². The topological polar surface area (TPSA) is 63.4 Å². The first-order valence-electron chi connectivity index (χ1n) is 9.21. The van der Waals surface area contributed by atoms with Crippen molar-refractivity contribution in [3.63, 3.8) is 0 Å². The van der Waals surface area contributed by atoms with Crippen LogP contribution >= 0.6 is 0 Å². The second-order valence-corrected chi connectivity index (χ2v) is 7.52. The smallest absolute Gasteiger partial charge is 0.255 e. The lowest BCUT2D eigenvalue weighted by Gasteiger charge is -2.32. The fraction of sp³-hybridized carbons (Fsp3) is 0.100. The predicted octanol–water partition coefficient (Wildman–Crippen LogP) is 0.824. The Kier molecular flexibility index (Phi) is 3.62. The molecule has 6 nitrogen and oxygen atoms in total. The number of benzene rings is 1. The number of pyridine rings is 2. The lowest BCUT2D eigenvalue weighted by molar-refractivity contribution is 0.0731. The fourth-order valence-corrected chi connectivity index (χ4v) is 3.91. The van der Waals surface area contributed by atoms with E-state index in [9.17, 15) is 4.79 Å². The molecule has 0 spiro atoms. The molecule has 1 aliphatic heterocycles. The minimum atomic E-state index is -0.430. The number of nitrogens with zero attached hydrogens (tertiary/aromatic N) is 5. The van der Waals surface area contributed by atoms with E-state index in [2.05, 4.69) is 39.4 Å². The Labute approximate surface area is 164 Å². The number of hydrogen-bond donors (Lipinski definition) is 0. The van der Waals surface area contributed by atoms with Gasteiger partial charge < -0.3 is 4.90 Å². The Bertz CT molecular complexity index is 1200. The number of carbonyl (C=O) groups is 1. The summed E-state index contributed by atoms with van der Waals surface area (Å²) in [5, 5.41) is 7.65. The van der Waals surface area contributed by atoms with Crippen LogP contribution in [0.4, 0.5) is 0 Å². The van der Waals surface area contributed by atoms with Crippen molar-refractivity contribution in [3.8, 4) is 11.3 Å². The SMILES string of the molecule is BC1(B)c2ncccc2C(=O)N1Cc1ccc(-c2cccc3nncn23)cc1. The molecule has 0 atom stereocenters. The third-order valence-electron chi connectivity index (χ3n) is 5.46. The van der Waals surface area contributed by atoms with Crippen LogP contribution in [-0.4, -0.2) is 46.1 Å². The summed E-state index contributed by atoms with van der Waals surface area (Å²) in [4.78, 5) is 19.2. The Morgan fingerprint density at radius 2 is 1.82 bits per heavy atom. The Morgan fingerprint density at radius 3 is 2.61 bits per heavy atom. The van der Waals surface area contributed by atoms with Crippen molar-refractivity contribution in [1.29, 1.82) is 0 Å². The van der Waals surface area contributed by atoms with Crippen molar-refractivity contribution >= 4 is 27.2 Å². The maximum Gasteiger partial charge on any atom is 0.255 e. The molecule has 0 bridgehead atoms. The largest absolute Gasteiger partial charge is 0.339 e. The van der Waals surface area contributed by atoms with Crippen LogP contribution in [0.1, 0.15) is 21.6 Å². The molecule has 0 unspecified atom stereocenters. The van der Waals surface area contributed by atoms with E-state index < -0.39 is 5.34 Å². The van der Waals surface area contributed by atoms with Crippen LogP contribution in [0.3, 0.4) is 0 Å². The van der Waals surface area contributed by atoms with Crippen molar-refractivity contribution in [1.82, 2.24) is 24.5 Å². The van der Waals surface area contributed by atoms with E-state index in [0.717, 1.165) is 28.2 Å². The zero-order valence-corrected chi connectivity index (χ0v) is 15.7. The molecular weight excluding hydrogens is 348 g/mol. The summed E-state index contributed by atoms with van der Waals surface area (Å²) < 4.78 is 1.96. The number of hydrogen-bond acceptors (Lipinski definition) is 4. The fourth-order valence-electron chi connectivity index (χ4n) is 3.91. The number of rotatable bonds is 3.